The second-order valence-electron chi connectivity index (χ2n) is 4.70. The first kappa shape index (κ1) is 17.6. The largest absolute Gasteiger partial charge is 0.454 e. The third-order valence-electron chi connectivity index (χ3n) is 3.13. The van der Waals surface area contributed by atoms with Gasteiger partial charge in [0.15, 0.2) is 6.61 Å². The zero-order valence-corrected chi connectivity index (χ0v) is 13.8. The Hall–Kier alpha value is -2.75. The molecular formula is C14H11BrFN3O5. The number of carbonyl (C=O) groups excluding carboxylic acids is 2. The third kappa shape index (κ3) is 3.43. The van der Waals surface area contributed by atoms with Gasteiger partial charge in [-0.1, -0.05) is 0 Å². The molecule has 0 fully saturated rings. The van der Waals surface area contributed by atoms with Gasteiger partial charge in [0.05, 0.1) is 5.56 Å². The minimum atomic E-state index is -0.973. The molecule has 10 heteroatoms. The number of nitrogens with zero attached hydrogens (tertiary/aromatic N) is 1. The molecule has 0 amide bonds. The third-order valence-corrected chi connectivity index (χ3v) is 3.79. The van der Waals surface area contributed by atoms with Crippen molar-refractivity contribution in [2.75, 3.05) is 12.3 Å². The molecule has 3 N–H and O–H groups in total. The number of aromatic amines is 1. The van der Waals surface area contributed by atoms with E-state index >= 15 is 0 Å². The lowest BCUT2D eigenvalue weighted by Crippen LogP contribution is -2.35. The fourth-order valence-electron chi connectivity index (χ4n) is 1.84. The Kier molecular flexibility index (Phi) is 4.98. The molecule has 2 aromatic rings. The van der Waals surface area contributed by atoms with E-state index in [1.807, 2.05) is 4.98 Å². The van der Waals surface area contributed by atoms with Crippen molar-refractivity contribution in [1.82, 2.24) is 9.55 Å². The lowest BCUT2D eigenvalue weighted by atomic mass is 10.2. The molecule has 0 aliphatic heterocycles. The van der Waals surface area contributed by atoms with E-state index in [0.717, 1.165) is 16.7 Å². The number of nitrogens with one attached hydrogen (secondary N) is 1. The van der Waals surface area contributed by atoms with Crippen LogP contribution < -0.4 is 17.0 Å². The summed E-state index contributed by atoms with van der Waals surface area (Å²) in [5, 5.41) is 0. The number of rotatable bonds is 4. The number of halogens is 2. The van der Waals surface area contributed by atoms with E-state index in [0.29, 0.717) is 0 Å². The van der Waals surface area contributed by atoms with Crippen molar-refractivity contribution in [3.05, 3.63) is 60.5 Å². The minimum absolute atomic E-state index is 0.00606. The standard InChI is InChI=1S/C14H11BrFN3O5/c1-19-11(17)10(12(21)18-14(19)23)9(20)5-24-13(22)7-3-2-6(16)4-8(7)15/h2-4H,5,17H2,1H3,(H,18,21,23). The molecule has 0 saturated carbocycles. The van der Waals surface area contributed by atoms with Crippen molar-refractivity contribution in [2.45, 2.75) is 0 Å². The van der Waals surface area contributed by atoms with Crippen LogP contribution in [0.3, 0.4) is 0 Å². The fourth-order valence-corrected chi connectivity index (χ4v) is 2.36. The molecule has 2 rings (SSSR count). The zero-order valence-electron chi connectivity index (χ0n) is 12.3. The van der Waals surface area contributed by atoms with E-state index in [4.69, 9.17) is 10.5 Å². The first-order valence-electron chi connectivity index (χ1n) is 6.46. The number of hydrogen-bond acceptors (Lipinski definition) is 6. The zero-order chi connectivity index (χ0) is 18.0. The normalized spacial score (nSPS) is 10.5. The molecule has 0 bridgehead atoms. The number of Topliss-reactive ketones (excluding diaryl/α,β-unsaturated/α-hetero) is 1. The summed E-state index contributed by atoms with van der Waals surface area (Å²) in [6.07, 6.45) is 0. The Morgan fingerprint density at radius 3 is 2.67 bits per heavy atom. The van der Waals surface area contributed by atoms with Crippen molar-refractivity contribution >= 4 is 33.5 Å². The van der Waals surface area contributed by atoms with E-state index in [9.17, 15) is 23.6 Å². The average Bonchev–Trinajstić information content (AvgIpc) is 2.50. The summed E-state index contributed by atoms with van der Waals surface area (Å²) in [5.74, 6) is -2.67. The summed E-state index contributed by atoms with van der Waals surface area (Å²) in [7, 11) is 1.27. The first-order chi connectivity index (χ1) is 11.2. The summed E-state index contributed by atoms with van der Waals surface area (Å²) in [6.45, 7) is -0.770. The molecule has 1 aromatic carbocycles. The van der Waals surface area contributed by atoms with Crippen molar-refractivity contribution in [3.8, 4) is 0 Å². The SMILES string of the molecule is Cn1c(N)c(C(=O)COC(=O)c2ccc(F)cc2Br)c(=O)[nH]c1=O. The molecule has 24 heavy (non-hydrogen) atoms. The summed E-state index contributed by atoms with van der Waals surface area (Å²) in [6, 6.07) is 3.30. The van der Waals surface area contributed by atoms with Gasteiger partial charge in [0.1, 0.15) is 17.2 Å². The topological polar surface area (TPSA) is 124 Å². The first-order valence-corrected chi connectivity index (χ1v) is 7.25. The van der Waals surface area contributed by atoms with Gasteiger partial charge in [0.2, 0.25) is 5.78 Å². The lowest BCUT2D eigenvalue weighted by molar-refractivity contribution is 0.0473. The molecule has 1 aromatic heterocycles. The summed E-state index contributed by atoms with van der Waals surface area (Å²) < 4.78 is 18.8. The van der Waals surface area contributed by atoms with Gasteiger partial charge in [0, 0.05) is 11.5 Å². The van der Waals surface area contributed by atoms with Gasteiger partial charge in [0.25, 0.3) is 5.56 Å². The second-order valence-corrected chi connectivity index (χ2v) is 5.56. The van der Waals surface area contributed by atoms with Crippen LogP contribution in [0, 0.1) is 5.82 Å². The minimum Gasteiger partial charge on any atom is -0.454 e. The van der Waals surface area contributed by atoms with Gasteiger partial charge in [-0.3, -0.25) is 19.1 Å². The van der Waals surface area contributed by atoms with Gasteiger partial charge in [-0.2, -0.15) is 0 Å². The number of ether oxygens (including phenoxy) is 1. The van der Waals surface area contributed by atoms with E-state index in [1.54, 1.807) is 0 Å². The quantitative estimate of drug-likeness (QED) is 0.572. The van der Waals surface area contributed by atoms with Crippen LogP contribution in [-0.4, -0.2) is 27.9 Å². The Morgan fingerprint density at radius 2 is 2.04 bits per heavy atom. The maximum Gasteiger partial charge on any atom is 0.339 e. The number of anilines is 1. The van der Waals surface area contributed by atoms with Crippen LogP contribution in [-0.2, 0) is 11.8 Å². The molecule has 0 atom stereocenters. The molecular weight excluding hydrogens is 389 g/mol. The van der Waals surface area contributed by atoms with E-state index < -0.39 is 41.0 Å². The number of carbonyl (C=O) groups is 2. The molecule has 8 nitrogen and oxygen atoms in total. The van der Waals surface area contributed by atoms with E-state index in [-0.39, 0.29) is 15.9 Å². The number of esters is 1. The molecule has 1 heterocycles. The highest BCUT2D eigenvalue weighted by atomic mass is 79.9. The van der Waals surface area contributed by atoms with Crippen LogP contribution in [0.5, 0.6) is 0 Å². The van der Waals surface area contributed by atoms with Gasteiger partial charge in [-0.05, 0) is 34.1 Å². The predicted octanol–water partition coefficient (Wildman–Crippen LogP) is 0.597. The van der Waals surface area contributed by atoms with Crippen molar-refractivity contribution < 1.29 is 18.7 Å². The number of nitrogen functional groups attached to an aromatic ring is 1. The molecule has 0 aliphatic carbocycles. The molecule has 0 aliphatic rings. The van der Waals surface area contributed by atoms with Gasteiger partial charge in [-0.25, -0.2) is 14.0 Å². The Morgan fingerprint density at radius 1 is 1.38 bits per heavy atom. The Bertz CT molecular complexity index is 950. The van der Waals surface area contributed by atoms with Crippen molar-refractivity contribution in [3.63, 3.8) is 0 Å². The fraction of sp³-hybridized carbons (Fsp3) is 0.143. The molecule has 126 valence electrons. The summed E-state index contributed by atoms with van der Waals surface area (Å²) in [4.78, 5) is 48.9. The highest BCUT2D eigenvalue weighted by Crippen LogP contribution is 2.19. The van der Waals surface area contributed by atoms with Crippen LogP contribution >= 0.6 is 15.9 Å². The van der Waals surface area contributed by atoms with Crippen molar-refractivity contribution in [2.24, 2.45) is 7.05 Å². The van der Waals surface area contributed by atoms with Crippen LogP contribution in [0.25, 0.3) is 0 Å². The maximum absolute atomic E-state index is 13.0. The Labute approximate surface area is 142 Å². The second kappa shape index (κ2) is 6.79. The lowest BCUT2D eigenvalue weighted by Gasteiger charge is -2.09. The van der Waals surface area contributed by atoms with Gasteiger partial charge in [-0.15, -0.1) is 0 Å². The van der Waals surface area contributed by atoms with E-state index in [1.165, 1.54) is 13.1 Å². The number of aromatic nitrogens is 2. The number of nitrogens with two attached hydrogens (primary N) is 1. The molecule has 0 spiro atoms. The van der Waals surface area contributed by atoms with Gasteiger partial charge < -0.3 is 10.5 Å². The number of hydrogen-bond donors (Lipinski definition) is 2. The van der Waals surface area contributed by atoms with Crippen LogP contribution in [0.1, 0.15) is 20.7 Å². The van der Waals surface area contributed by atoms with Crippen LogP contribution in [0.15, 0.2) is 32.3 Å². The molecule has 0 saturated heterocycles. The summed E-state index contributed by atoms with van der Waals surface area (Å²) in [5.41, 5.74) is 3.35. The molecule has 0 unspecified atom stereocenters. The smallest absolute Gasteiger partial charge is 0.339 e. The van der Waals surface area contributed by atoms with E-state index in [2.05, 4.69) is 15.9 Å². The predicted molar refractivity (Wildman–Crippen MR) is 85.4 cm³/mol. The highest BCUT2D eigenvalue weighted by Gasteiger charge is 2.20. The maximum atomic E-state index is 13.0. The highest BCUT2D eigenvalue weighted by molar-refractivity contribution is 9.10. The number of H-pyrrole nitrogens is 1. The van der Waals surface area contributed by atoms with Crippen LogP contribution in [0.2, 0.25) is 0 Å². The van der Waals surface area contributed by atoms with Crippen LogP contribution in [0.4, 0.5) is 10.2 Å². The molecule has 0 radical (unpaired) electrons. The van der Waals surface area contributed by atoms with Gasteiger partial charge >= 0.3 is 11.7 Å². The summed E-state index contributed by atoms with van der Waals surface area (Å²) >= 11 is 3.00. The monoisotopic (exact) mass is 399 g/mol. The Balaban J connectivity index is 2.20. The van der Waals surface area contributed by atoms with Crippen molar-refractivity contribution in [1.29, 1.82) is 0 Å². The average molecular weight is 400 g/mol. The number of ketones is 1. The number of benzene rings is 1.